The van der Waals surface area contributed by atoms with Crippen LogP contribution in [0.1, 0.15) is 465 Å². The third-order valence-electron chi connectivity index (χ3n) is 23.2. The molecule has 0 aromatic heterocycles. The molecule has 0 aromatic carbocycles. The molecule has 1 aliphatic rings. The average molecular weight is 1510 g/mol. The van der Waals surface area contributed by atoms with Gasteiger partial charge in [-0.15, -0.1) is 0 Å². The molecule has 1 rings (SSSR count). The summed E-state index contributed by atoms with van der Waals surface area (Å²) in [6.07, 6.45) is 81.1. The van der Waals surface area contributed by atoms with Gasteiger partial charge in [-0.1, -0.05) is 411 Å². The van der Waals surface area contributed by atoms with Crippen molar-refractivity contribution >= 4 is 33.8 Å². The number of hydrogen-bond donors (Lipinski definition) is 4. The minimum absolute atomic E-state index is 0.277. The number of aliphatic hydroxyl groups excluding tert-OH is 4. The first-order valence-electron chi connectivity index (χ1n) is 46.9. The molecule has 0 bridgehead atoms. The van der Waals surface area contributed by atoms with Crippen LogP contribution in [0, 0.1) is 0 Å². The van der Waals surface area contributed by atoms with Crippen molar-refractivity contribution in [2.45, 2.75) is 502 Å². The smallest absolute Gasteiger partial charge is 0.188 e. The maximum Gasteiger partial charge on any atom is 0.188 e. The molecular formula is C92H184N4O6S2. The molecule has 104 heavy (non-hydrogen) atoms. The highest BCUT2D eigenvalue weighted by atomic mass is 32.2. The zero-order chi connectivity index (χ0) is 75.5. The molecular weight excluding hydrogens is 1320 g/mol. The highest BCUT2D eigenvalue weighted by Gasteiger charge is 2.29. The zero-order valence-corrected chi connectivity index (χ0v) is 72.5. The van der Waals surface area contributed by atoms with Crippen LogP contribution >= 0.6 is 23.5 Å². The van der Waals surface area contributed by atoms with E-state index >= 15 is 0 Å². The molecule has 1 saturated heterocycles. The summed E-state index contributed by atoms with van der Waals surface area (Å²) in [5, 5.41) is 45.6. The molecule has 0 saturated carbocycles. The van der Waals surface area contributed by atoms with Crippen LogP contribution in [0.15, 0.2) is 0 Å². The predicted molar refractivity (Wildman–Crippen MR) is 461 cm³/mol. The first-order valence-corrected chi connectivity index (χ1v) is 48.8. The molecule has 6 unspecified atom stereocenters. The summed E-state index contributed by atoms with van der Waals surface area (Å²) in [5.41, 5.74) is 0. The molecule has 10 nitrogen and oxygen atoms in total. The standard InChI is InChI=1S/C92H184N4O6S2/c1-7-11-15-19-23-27-31-35-39-43-47-51-55-59-67-87(97)81-93(82-88(98)68-60-56-52-48-44-40-36-32-28-24-20-16-12-8-2)73-65-63-71-91(101)103-77-75-95-79-86(6)96(80-85(95)5)76-78-104-92(102)72-64-66-74-94(83-89(99)69-61-57-53-49-45-41-37-33-29-25-21-17-13-9-3)84-90(100)70-62-58-54-50-46-42-38-34-30-26-22-18-14-10-4/h85-90,97-100H,7-84H2,1-6H3. The Morgan fingerprint density at radius 2 is 0.471 bits per heavy atom. The van der Waals surface area contributed by atoms with Crippen molar-refractivity contribution in [1.82, 2.24) is 19.6 Å². The number of unbranched alkanes of at least 4 members (excludes halogenated alkanes) is 54. The van der Waals surface area contributed by atoms with Crippen LogP contribution in [0.25, 0.3) is 0 Å². The summed E-state index contributed by atoms with van der Waals surface area (Å²) < 4.78 is 0. The van der Waals surface area contributed by atoms with Crippen LogP contribution in [-0.4, -0.2) is 164 Å². The second-order valence-corrected chi connectivity index (χ2v) is 36.0. The van der Waals surface area contributed by atoms with Crippen molar-refractivity contribution in [3.8, 4) is 0 Å². The van der Waals surface area contributed by atoms with E-state index in [1.54, 1.807) is 0 Å². The molecule has 4 N–H and O–H groups in total. The van der Waals surface area contributed by atoms with Crippen molar-refractivity contribution in [1.29, 1.82) is 0 Å². The van der Waals surface area contributed by atoms with Crippen LogP contribution in [0.3, 0.4) is 0 Å². The van der Waals surface area contributed by atoms with E-state index in [1.807, 2.05) is 0 Å². The van der Waals surface area contributed by atoms with E-state index < -0.39 is 0 Å². The molecule has 6 atom stereocenters. The third-order valence-corrected chi connectivity index (χ3v) is 25.0. The maximum atomic E-state index is 13.3. The molecule has 620 valence electrons. The van der Waals surface area contributed by atoms with Gasteiger partial charge in [-0.3, -0.25) is 29.2 Å². The van der Waals surface area contributed by atoms with E-state index in [-0.39, 0.29) is 34.6 Å². The van der Waals surface area contributed by atoms with E-state index in [9.17, 15) is 30.0 Å². The lowest BCUT2D eigenvalue weighted by molar-refractivity contribution is -0.111. The third kappa shape index (κ3) is 69.6. The van der Waals surface area contributed by atoms with Gasteiger partial charge in [0.1, 0.15) is 0 Å². The van der Waals surface area contributed by atoms with Gasteiger partial charge in [0.05, 0.1) is 24.4 Å². The summed E-state index contributed by atoms with van der Waals surface area (Å²) in [6.45, 7) is 21.6. The normalized spacial score (nSPS) is 15.8. The molecule has 0 spiro atoms. The highest BCUT2D eigenvalue weighted by Crippen LogP contribution is 2.24. The number of carbonyl (C=O) groups excluding carboxylic acids is 2. The van der Waals surface area contributed by atoms with Gasteiger partial charge in [0, 0.05) is 88.8 Å². The number of piperazine rings is 1. The lowest BCUT2D eigenvalue weighted by Gasteiger charge is -2.44. The van der Waals surface area contributed by atoms with Crippen LogP contribution in [0.5, 0.6) is 0 Å². The van der Waals surface area contributed by atoms with E-state index in [1.165, 1.54) is 357 Å². The predicted octanol–water partition coefficient (Wildman–Crippen LogP) is 25.8. The van der Waals surface area contributed by atoms with Crippen molar-refractivity contribution in [2.24, 2.45) is 0 Å². The van der Waals surface area contributed by atoms with Gasteiger partial charge in [-0.2, -0.15) is 0 Å². The molecule has 1 aliphatic heterocycles. The topological polar surface area (TPSA) is 128 Å². The molecule has 0 aliphatic carbocycles. The molecule has 12 heteroatoms. The molecule has 1 heterocycles. The largest absolute Gasteiger partial charge is 0.392 e. The summed E-state index contributed by atoms with van der Waals surface area (Å²) in [6, 6.07) is 0.780. The van der Waals surface area contributed by atoms with Gasteiger partial charge in [-0.25, -0.2) is 0 Å². The van der Waals surface area contributed by atoms with Gasteiger partial charge >= 0.3 is 0 Å². The zero-order valence-electron chi connectivity index (χ0n) is 70.8. The average Bonchev–Trinajstić information content (AvgIpc) is 0.848. The number of hydrogen-bond acceptors (Lipinski definition) is 12. The first-order chi connectivity index (χ1) is 50.9. The molecule has 0 aromatic rings. The van der Waals surface area contributed by atoms with Gasteiger partial charge in [0.15, 0.2) is 10.2 Å². The number of aliphatic hydroxyl groups is 4. The minimum Gasteiger partial charge on any atom is -0.392 e. The van der Waals surface area contributed by atoms with Gasteiger partial charge < -0.3 is 20.4 Å². The monoisotopic (exact) mass is 1510 g/mol. The second kappa shape index (κ2) is 79.4. The van der Waals surface area contributed by atoms with E-state index in [4.69, 9.17) is 0 Å². The summed E-state index contributed by atoms with van der Waals surface area (Å²) >= 11 is 2.99. The quantitative estimate of drug-likeness (QED) is 0.0433. The van der Waals surface area contributed by atoms with E-state index in [0.29, 0.717) is 51.1 Å². The Morgan fingerprint density at radius 1 is 0.288 bits per heavy atom. The molecule has 0 radical (unpaired) electrons. The van der Waals surface area contributed by atoms with E-state index in [2.05, 4.69) is 61.1 Å². The number of thioether (sulfide) groups is 2. The Kier molecular flexibility index (Phi) is 77.6. The lowest BCUT2D eigenvalue weighted by atomic mass is 10.0. The second-order valence-electron chi connectivity index (χ2n) is 33.7. The SMILES string of the molecule is CCCCCCCCCCCCCCCCC(O)CN(CCCCC(=O)SCCN1CC(C)N(CCSC(=O)CCCCN(CC(O)CCCCCCCCCCCCCCCC)CC(O)CCCCCCCCCCCCCCCC)CC1C)CC(O)CCCCCCCCCCCCCCCC. The Labute approximate surface area is 658 Å². The fraction of sp³-hybridized carbons (Fsp3) is 0.978. The van der Waals surface area contributed by atoms with Gasteiger partial charge in [-0.05, 0) is 78.3 Å². The van der Waals surface area contributed by atoms with Crippen molar-refractivity contribution in [3.63, 3.8) is 0 Å². The summed E-state index contributed by atoms with van der Waals surface area (Å²) in [7, 11) is 0. The van der Waals surface area contributed by atoms with Gasteiger partial charge in [0.25, 0.3) is 0 Å². The lowest BCUT2D eigenvalue weighted by Crippen LogP contribution is -2.57. The summed E-state index contributed by atoms with van der Waals surface area (Å²) in [4.78, 5) is 36.3. The Morgan fingerprint density at radius 3 is 0.663 bits per heavy atom. The number of nitrogens with zero attached hydrogens (tertiary/aromatic N) is 4. The fourth-order valence-corrected chi connectivity index (χ4v) is 17.9. The van der Waals surface area contributed by atoms with E-state index in [0.717, 1.165) is 128 Å². The number of carbonyl (C=O) groups is 2. The van der Waals surface area contributed by atoms with Crippen LogP contribution in [0.2, 0.25) is 0 Å². The maximum absolute atomic E-state index is 13.3. The Bertz CT molecular complexity index is 1550. The van der Waals surface area contributed by atoms with Crippen molar-refractivity contribution in [3.05, 3.63) is 0 Å². The number of rotatable bonds is 84. The van der Waals surface area contributed by atoms with Gasteiger partial charge in [0.2, 0.25) is 0 Å². The highest BCUT2D eigenvalue weighted by molar-refractivity contribution is 8.13. The van der Waals surface area contributed by atoms with Crippen molar-refractivity contribution in [2.75, 3.05) is 77.0 Å². The molecule has 1 fully saturated rings. The minimum atomic E-state index is -0.377. The summed E-state index contributed by atoms with van der Waals surface area (Å²) in [5.74, 6) is 1.61. The Hall–Kier alpha value is -0.280. The Balaban J connectivity index is 2.52. The first kappa shape index (κ1) is 102. The van der Waals surface area contributed by atoms with Crippen molar-refractivity contribution < 1.29 is 30.0 Å². The van der Waals surface area contributed by atoms with Crippen LogP contribution < -0.4 is 0 Å². The molecule has 0 amide bonds. The van der Waals surface area contributed by atoms with Crippen LogP contribution in [0.4, 0.5) is 0 Å². The van der Waals surface area contributed by atoms with Crippen LogP contribution in [-0.2, 0) is 9.59 Å². The fourth-order valence-electron chi connectivity index (χ4n) is 16.2.